The van der Waals surface area contributed by atoms with Crippen LogP contribution in [0.15, 0.2) is 0 Å². The predicted molar refractivity (Wildman–Crippen MR) is 38.9 cm³/mol. The lowest BCUT2D eigenvalue weighted by molar-refractivity contribution is -0.134. The molecule has 1 saturated heterocycles. The summed E-state index contributed by atoms with van der Waals surface area (Å²) in [6.45, 7) is 1.83. The summed E-state index contributed by atoms with van der Waals surface area (Å²) in [5.74, 6) is -0.847. The first-order chi connectivity index (χ1) is 5.04. The van der Waals surface area contributed by atoms with E-state index in [2.05, 4.69) is 5.32 Å². The molecular weight excluding hydrogens is 148 g/mol. The largest absolute Gasteiger partial charge is 0.481 e. The highest BCUT2D eigenvalue weighted by Crippen LogP contribution is 1.92. The van der Waals surface area contributed by atoms with Crippen molar-refractivity contribution in [2.75, 3.05) is 6.54 Å². The van der Waals surface area contributed by atoms with Crippen LogP contribution in [-0.4, -0.2) is 29.6 Å². The molecule has 1 aliphatic heterocycles. The maximum atomic E-state index is 10.3. The molecule has 5 nitrogen and oxygen atoms in total. The Morgan fingerprint density at radius 3 is 2.36 bits per heavy atom. The topological polar surface area (TPSA) is 92.4 Å². The Morgan fingerprint density at radius 1 is 1.82 bits per heavy atom. The van der Waals surface area contributed by atoms with E-state index in [1.165, 1.54) is 0 Å². The molecule has 1 aliphatic rings. The lowest BCUT2D eigenvalue weighted by Crippen LogP contribution is -2.29. The molecule has 1 atom stereocenters. The molecule has 1 unspecified atom stereocenters. The molecular formula is C6H12N2O3. The van der Waals surface area contributed by atoms with Gasteiger partial charge in [-0.2, -0.15) is 0 Å². The molecule has 1 fully saturated rings. The highest BCUT2D eigenvalue weighted by molar-refractivity contribution is 5.83. The van der Waals surface area contributed by atoms with Gasteiger partial charge >= 0.3 is 0 Å². The average Bonchev–Trinajstić information content (AvgIpc) is 2.15. The van der Waals surface area contributed by atoms with Gasteiger partial charge in [0.1, 0.15) is 0 Å². The summed E-state index contributed by atoms with van der Waals surface area (Å²) in [4.78, 5) is 19.3. The first kappa shape index (κ1) is 9.90. The first-order valence-electron chi connectivity index (χ1n) is 3.27. The van der Waals surface area contributed by atoms with Crippen molar-refractivity contribution < 1.29 is 14.7 Å². The SMILES string of the molecule is CC(=O)O.NC1CCNC1=O. The molecule has 0 bridgehead atoms. The quantitative estimate of drug-likeness (QED) is 0.420. The minimum Gasteiger partial charge on any atom is -0.481 e. The lowest BCUT2D eigenvalue weighted by Gasteiger charge is -1.91. The zero-order valence-corrected chi connectivity index (χ0v) is 6.33. The molecule has 0 radical (unpaired) electrons. The molecule has 1 heterocycles. The summed E-state index contributed by atoms with van der Waals surface area (Å²) >= 11 is 0. The minimum absolute atomic E-state index is 0.0139. The van der Waals surface area contributed by atoms with Crippen molar-refractivity contribution in [1.82, 2.24) is 5.32 Å². The molecule has 1 rings (SSSR count). The fourth-order valence-corrected chi connectivity index (χ4v) is 0.613. The Kier molecular flexibility index (Phi) is 4.21. The molecule has 4 N–H and O–H groups in total. The number of hydrogen-bond donors (Lipinski definition) is 3. The molecule has 64 valence electrons. The number of aliphatic carboxylic acids is 1. The third-order valence-corrected chi connectivity index (χ3v) is 1.09. The maximum Gasteiger partial charge on any atom is 0.300 e. The summed E-state index contributed by atoms with van der Waals surface area (Å²) in [5.41, 5.74) is 5.27. The van der Waals surface area contributed by atoms with Gasteiger partial charge in [0.2, 0.25) is 5.91 Å². The van der Waals surface area contributed by atoms with Crippen LogP contribution in [0.2, 0.25) is 0 Å². The monoisotopic (exact) mass is 160 g/mol. The second kappa shape index (κ2) is 4.68. The third kappa shape index (κ3) is 5.35. The van der Waals surface area contributed by atoms with Gasteiger partial charge in [-0.1, -0.05) is 0 Å². The van der Waals surface area contributed by atoms with Crippen molar-refractivity contribution in [3.63, 3.8) is 0 Å². The number of nitrogens with two attached hydrogens (primary N) is 1. The number of carbonyl (C=O) groups excluding carboxylic acids is 1. The van der Waals surface area contributed by atoms with Gasteiger partial charge in [0, 0.05) is 13.5 Å². The van der Waals surface area contributed by atoms with Crippen LogP contribution in [0.1, 0.15) is 13.3 Å². The van der Waals surface area contributed by atoms with E-state index in [9.17, 15) is 4.79 Å². The van der Waals surface area contributed by atoms with E-state index in [0.29, 0.717) is 0 Å². The van der Waals surface area contributed by atoms with Crippen LogP contribution >= 0.6 is 0 Å². The summed E-state index contributed by atoms with van der Waals surface area (Å²) in [7, 11) is 0. The summed E-state index contributed by atoms with van der Waals surface area (Å²) in [5, 5.41) is 10.0. The highest BCUT2D eigenvalue weighted by atomic mass is 16.4. The summed E-state index contributed by atoms with van der Waals surface area (Å²) in [6.07, 6.45) is 0.791. The van der Waals surface area contributed by atoms with E-state index in [1.54, 1.807) is 0 Å². The molecule has 0 aromatic rings. The molecule has 0 aliphatic carbocycles. The van der Waals surface area contributed by atoms with Gasteiger partial charge in [-0.15, -0.1) is 0 Å². The normalized spacial score (nSPS) is 21.6. The predicted octanol–water partition coefficient (Wildman–Crippen LogP) is -1.08. The van der Waals surface area contributed by atoms with Crippen molar-refractivity contribution in [2.24, 2.45) is 5.73 Å². The Bertz CT molecular complexity index is 154. The van der Waals surface area contributed by atoms with Crippen molar-refractivity contribution >= 4 is 11.9 Å². The number of carboxylic acid groups (broad SMARTS) is 1. The van der Waals surface area contributed by atoms with Gasteiger partial charge in [-0.3, -0.25) is 9.59 Å². The second-order valence-electron chi connectivity index (χ2n) is 2.21. The van der Waals surface area contributed by atoms with Crippen LogP contribution in [0.5, 0.6) is 0 Å². The Balaban J connectivity index is 0.000000218. The van der Waals surface area contributed by atoms with Crippen LogP contribution in [0, 0.1) is 0 Å². The maximum absolute atomic E-state index is 10.3. The zero-order chi connectivity index (χ0) is 8.85. The fraction of sp³-hybridized carbons (Fsp3) is 0.667. The Hall–Kier alpha value is -1.10. The first-order valence-corrected chi connectivity index (χ1v) is 3.27. The van der Waals surface area contributed by atoms with Crippen molar-refractivity contribution in [3.8, 4) is 0 Å². The summed E-state index contributed by atoms with van der Waals surface area (Å²) in [6, 6.07) is -0.236. The summed E-state index contributed by atoms with van der Waals surface area (Å²) < 4.78 is 0. The van der Waals surface area contributed by atoms with Crippen LogP contribution in [0.3, 0.4) is 0 Å². The van der Waals surface area contributed by atoms with Crippen molar-refractivity contribution in [3.05, 3.63) is 0 Å². The molecule has 0 saturated carbocycles. The molecule has 1 amide bonds. The van der Waals surface area contributed by atoms with Crippen LogP contribution in [0.25, 0.3) is 0 Å². The third-order valence-electron chi connectivity index (χ3n) is 1.09. The van der Waals surface area contributed by atoms with Crippen molar-refractivity contribution in [1.29, 1.82) is 0 Å². The number of amides is 1. The van der Waals surface area contributed by atoms with Crippen LogP contribution < -0.4 is 11.1 Å². The number of nitrogens with one attached hydrogen (secondary N) is 1. The average molecular weight is 160 g/mol. The molecule has 0 aromatic heterocycles. The number of carboxylic acids is 1. The van der Waals surface area contributed by atoms with E-state index in [1.807, 2.05) is 0 Å². The van der Waals surface area contributed by atoms with E-state index >= 15 is 0 Å². The van der Waals surface area contributed by atoms with Crippen LogP contribution in [-0.2, 0) is 9.59 Å². The van der Waals surface area contributed by atoms with Gasteiger partial charge in [0.25, 0.3) is 5.97 Å². The standard InChI is InChI=1S/C4H8N2O.C2H4O2/c5-3-1-2-6-4(3)7;1-2(3)4/h3H,1-2,5H2,(H,6,7);1H3,(H,3,4). The Morgan fingerprint density at radius 2 is 2.27 bits per heavy atom. The van der Waals surface area contributed by atoms with E-state index < -0.39 is 5.97 Å². The highest BCUT2D eigenvalue weighted by Gasteiger charge is 2.18. The van der Waals surface area contributed by atoms with Gasteiger partial charge in [-0.05, 0) is 6.42 Å². The van der Waals surface area contributed by atoms with Crippen molar-refractivity contribution in [2.45, 2.75) is 19.4 Å². The van der Waals surface area contributed by atoms with Crippen LogP contribution in [0.4, 0.5) is 0 Å². The van der Waals surface area contributed by atoms with Gasteiger partial charge < -0.3 is 16.2 Å². The molecule has 11 heavy (non-hydrogen) atoms. The zero-order valence-electron chi connectivity index (χ0n) is 6.33. The van der Waals surface area contributed by atoms with Gasteiger partial charge in [0.15, 0.2) is 0 Å². The molecule has 0 aromatic carbocycles. The lowest BCUT2D eigenvalue weighted by atomic mass is 10.3. The smallest absolute Gasteiger partial charge is 0.300 e. The Labute approximate surface area is 64.6 Å². The second-order valence-corrected chi connectivity index (χ2v) is 2.21. The number of hydrogen-bond acceptors (Lipinski definition) is 3. The number of rotatable bonds is 0. The van der Waals surface area contributed by atoms with Gasteiger partial charge in [0.05, 0.1) is 6.04 Å². The van der Waals surface area contributed by atoms with E-state index in [0.717, 1.165) is 19.9 Å². The fourth-order valence-electron chi connectivity index (χ4n) is 0.613. The molecule has 0 spiro atoms. The number of carbonyl (C=O) groups is 2. The van der Waals surface area contributed by atoms with Gasteiger partial charge in [-0.25, -0.2) is 0 Å². The molecule has 5 heteroatoms. The minimum atomic E-state index is -0.833. The van der Waals surface area contributed by atoms with E-state index in [-0.39, 0.29) is 11.9 Å². The van der Waals surface area contributed by atoms with E-state index in [4.69, 9.17) is 15.6 Å².